The van der Waals surface area contributed by atoms with Crippen LogP contribution in [0.3, 0.4) is 0 Å². The molecule has 1 aliphatic heterocycles. The van der Waals surface area contributed by atoms with Gasteiger partial charge in [0.05, 0.1) is 24.7 Å². The molecule has 1 aromatic carbocycles. The summed E-state index contributed by atoms with van der Waals surface area (Å²) in [6, 6.07) is 7.00. The Morgan fingerprint density at radius 2 is 1.87 bits per heavy atom. The van der Waals surface area contributed by atoms with Crippen molar-refractivity contribution in [2.75, 3.05) is 19.5 Å². The Kier molecular flexibility index (Phi) is 7.68. The molecule has 1 saturated heterocycles. The molecule has 0 bridgehead atoms. The number of anilines is 1. The third kappa shape index (κ3) is 5.90. The van der Waals surface area contributed by atoms with Crippen molar-refractivity contribution >= 4 is 32.5 Å². The smallest absolute Gasteiger partial charge is 0.481 e. The second-order valence-corrected chi connectivity index (χ2v) is 11.2. The van der Waals surface area contributed by atoms with Crippen molar-refractivity contribution in [3.63, 3.8) is 0 Å². The number of hydrogen-bond donors (Lipinski definition) is 6. The zero-order valence-corrected chi connectivity index (χ0v) is 21.7. The van der Waals surface area contributed by atoms with Gasteiger partial charge in [-0.15, -0.1) is 0 Å². The number of aliphatic hydroxyl groups is 2. The van der Waals surface area contributed by atoms with Gasteiger partial charge in [0.15, 0.2) is 6.23 Å². The lowest BCUT2D eigenvalue weighted by Gasteiger charge is -2.27. The number of methoxy groups -OCH3 is 1. The minimum absolute atomic E-state index is 0.0988. The van der Waals surface area contributed by atoms with Gasteiger partial charge in [-0.25, -0.2) is 19.1 Å². The van der Waals surface area contributed by atoms with Crippen LogP contribution in [0, 0.1) is 11.8 Å². The van der Waals surface area contributed by atoms with E-state index < -0.39 is 46.3 Å². The second-order valence-electron chi connectivity index (χ2n) is 8.42. The fourth-order valence-electron chi connectivity index (χ4n) is 3.90. The fourth-order valence-corrected chi connectivity index (χ4v) is 5.50. The third-order valence-corrected chi connectivity index (χ3v) is 7.84. The first-order chi connectivity index (χ1) is 17.7. The van der Waals surface area contributed by atoms with Gasteiger partial charge in [-0.05, 0) is 31.2 Å². The quantitative estimate of drug-likeness (QED) is 0.169. The summed E-state index contributed by atoms with van der Waals surface area (Å²) in [6.45, 7) is 0.397. The zero-order valence-electron chi connectivity index (χ0n) is 19.9. The first-order valence-corrected chi connectivity index (χ1v) is 13.8. The van der Waals surface area contributed by atoms with E-state index in [1.165, 1.54) is 24.0 Å². The highest BCUT2D eigenvalue weighted by Gasteiger charge is 2.54. The van der Waals surface area contributed by atoms with E-state index in [4.69, 9.17) is 25.0 Å². The zero-order chi connectivity index (χ0) is 27.9. The van der Waals surface area contributed by atoms with Crippen LogP contribution in [0.15, 0.2) is 36.8 Å². The number of nitrogens with two attached hydrogens (primary N) is 1. The number of fused-ring (bicyclic) bond motifs is 1. The Labute approximate surface area is 215 Å². The fraction of sp³-hybridized carbons (Fsp3) is 0.333. The van der Waals surface area contributed by atoms with Gasteiger partial charge in [0.1, 0.15) is 41.4 Å². The maximum Gasteiger partial charge on any atom is 0.481 e. The summed E-state index contributed by atoms with van der Waals surface area (Å²) in [5, 5.41) is 22.1. The number of rotatable bonds is 7. The van der Waals surface area contributed by atoms with Crippen LogP contribution in [-0.4, -0.2) is 71.0 Å². The molecule has 0 saturated carbocycles. The van der Waals surface area contributed by atoms with Crippen LogP contribution in [0.25, 0.3) is 11.0 Å². The molecular formula is C21H24N4O11P2. The molecule has 2 aromatic heterocycles. The summed E-state index contributed by atoms with van der Waals surface area (Å²) >= 11 is 0. The molecule has 1 aliphatic rings. The van der Waals surface area contributed by atoms with E-state index in [-0.39, 0.29) is 11.5 Å². The lowest BCUT2D eigenvalue weighted by Crippen LogP contribution is -2.44. The molecule has 0 amide bonds. The summed E-state index contributed by atoms with van der Waals surface area (Å²) in [7, 11) is -9.02. The average Bonchev–Trinajstić information content (AvgIpc) is 3.30. The third-order valence-electron chi connectivity index (χ3n) is 5.69. The monoisotopic (exact) mass is 570 g/mol. The number of hydrogen-bond acceptors (Lipinski definition) is 11. The molecule has 38 heavy (non-hydrogen) atoms. The Bertz CT molecular complexity index is 1490. The molecule has 0 radical (unpaired) electrons. The summed E-state index contributed by atoms with van der Waals surface area (Å²) in [5.74, 6) is 6.74. The lowest BCUT2D eigenvalue weighted by molar-refractivity contribution is -0.0947. The molecule has 4 rings (SSSR count). The van der Waals surface area contributed by atoms with E-state index in [0.717, 1.165) is 0 Å². The van der Waals surface area contributed by atoms with E-state index in [1.807, 2.05) is 0 Å². The van der Waals surface area contributed by atoms with Crippen molar-refractivity contribution < 1.29 is 52.3 Å². The van der Waals surface area contributed by atoms with Gasteiger partial charge in [-0.1, -0.05) is 11.8 Å². The molecule has 1 fully saturated rings. The SMILES string of the molecule is COc1ccc(C#Cc2cn([C@@H]3O[C@H](COP(=O)(O)OP(=O)(O)O)[C@@H](O)[C@@]3(C)O)c3ncnc(N)c23)cc1. The molecule has 7 N–H and O–H groups in total. The molecule has 3 aromatic rings. The maximum absolute atomic E-state index is 11.8. The number of aromatic nitrogens is 3. The van der Waals surface area contributed by atoms with E-state index >= 15 is 0 Å². The molecule has 1 unspecified atom stereocenters. The Hall–Kier alpha value is -2.86. The van der Waals surface area contributed by atoms with Gasteiger partial charge in [-0.2, -0.15) is 4.31 Å². The highest BCUT2D eigenvalue weighted by Crippen LogP contribution is 2.58. The average molecular weight is 570 g/mol. The number of phosphoric acid groups is 2. The standard InChI is InChI=1S/C21H24N4O11P2/c1-21(27)17(26)15(10-34-38(31,32)36-37(28,29)30)35-20(21)25-9-13(16-18(22)23-11-24-19(16)25)6-3-12-4-7-14(33-2)8-5-12/h4-5,7-9,11,15,17,20,26-27H,10H2,1-2H3,(H,31,32)(H2,22,23,24)(H2,28,29,30)/t15-,17-,20-,21-/m1/s1. The van der Waals surface area contributed by atoms with Gasteiger partial charge < -0.3 is 44.7 Å². The molecular weight excluding hydrogens is 546 g/mol. The molecule has 0 spiro atoms. The normalized spacial score (nSPS) is 25.1. The van der Waals surface area contributed by atoms with Gasteiger partial charge in [0.25, 0.3) is 0 Å². The van der Waals surface area contributed by atoms with E-state index in [2.05, 4.69) is 30.6 Å². The molecule has 204 valence electrons. The number of aliphatic hydroxyl groups excluding tert-OH is 1. The van der Waals surface area contributed by atoms with Crippen LogP contribution in [0.1, 0.15) is 24.3 Å². The van der Waals surface area contributed by atoms with Crippen LogP contribution >= 0.6 is 15.6 Å². The molecule has 3 heterocycles. The first-order valence-electron chi connectivity index (χ1n) is 10.8. The van der Waals surface area contributed by atoms with E-state index in [1.54, 1.807) is 31.4 Å². The van der Waals surface area contributed by atoms with Gasteiger partial charge >= 0.3 is 15.6 Å². The Balaban J connectivity index is 1.66. The number of nitrogen functional groups attached to an aromatic ring is 1. The van der Waals surface area contributed by atoms with E-state index in [0.29, 0.717) is 22.3 Å². The van der Waals surface area contributed by atoms with Crippen LogP contribution in [0.2, 0.25) is 0 Å². The lowest BCUT2D eigenvalue weighted by atomic mass is 9.96. The van der Waals surface area contributed by atoms with Crippen molar-refractivity contribution in [2.45, 2.75) is 31.0 Å². The summed E-state index contributed by atoms with van der Waals surface area (Å²) in [6.07, 6.45) is -1.72. The summed E-state index contributed by atoms with van der Waals surface area (Å²) in [5.41, 5.74) is 5.36. The van der Waals surface area contributed by atoms with E-state index in [9.17, 15) is 24.2 Å². The maximum atomic E-state index is 11.8. The Morgan fingerprint density at radius 1 is 1.18 bits per heavy atom. The van der Waals surface area contributed by atoms with Gasteiger partial charge in [-0.3, -0.25) is 4.52 Å². The van der Waals surface area contributed by atoms with Crippen molar-refractivity contribution in [3.05, 3.63) is 47.9 Å². The summed E-state index contributed by atoms with van der Waals surface area (Å²) < 4.78 is 43.2. The molecule has 5 atom stereocenters. The van der Waals surface area contributed by atoms with Gasteiger partial charge in [0, 0.05) is 11.8 Å². The number of phosphoric ester groups is 1. The number of nitrogens with zero attached hydrogens (tertiary/aromatic N) is 3. The Morgan fingerprint density at radius 3 is 2.50 bits per heavy atom. The van der Waals surface area contributed by atoms with Crippen LogP contribution in [0.5, 0.6) is 5.75 Å². The van der Waals surface area contributed by atoms with Crippen LogP contribution < -0.4 is 10.5 Å². The largest absolute Gasteiger partial charge is 0.497 e. The van der Waals surface area contributed by atoms with Crippen LogP contribution in [-0.2, 0) is 22.7 Å². The van der Waals surface area contributed by atoms with Crippen molar-refractivity contribution in [1.29, 1.82) is 0 Å². The molecule has 17 heteroatoms. The minimum Gasteiger partial charge on any atom is -0.497 e. The number of benzene rings is 1. The number of ether oxygens (including phenoxy) is 2. The minimum atomic E-state index is -5.35. The topological polar surface area (TPSA) is 229 Å². The van der Waals surface area contributed by atoms with Crippen molar-refractivity contribution in [1.82, 2.24) is 14.5 Å². The van der Waals surface area contributed by atoms with Crippen LogP contribution in [0.4, 0.5) is 5.82 Å². The predicted molar refractivity (Wildman–Crippen MR) is 130 cm³/mol. The first kappa shape index (κ1) is 28.2. The molecule has 0 aliphatic carbocycles. The van der Waals surface area contributed by atoms with Crippen molar-refractivity contribution in [2.24, 2.45) is 0 Å². The van der Waals surface area contributed by atoms with Crippen molar-refractivity contribution in [3.8, 4) is 17.6 Å². The highest BCUT2D eigenvalue weighted by atomic mass is 31.3. The highest BCUT2D eigenvalue weighted by molar-refractivity contribution is 7.60. The predicted octanol–water partition coefficient (Wildman–Crippen LogP) is 0.657. The summed E-state index contributed by atoms with van der Waals surface area (Å²) in [4.78, 5) is 35.2. The second kappa shape index (κ2) is 10.4. The van der Waals surface area contributed by atoms with Gasteiger partial charge in [0.2, 0.25) is 0 Å². The molecule has 15 nitrogen and oxygen atoms in total.